The van der Waals surface area contributed by atoms with E-state index in [9.17, 15) is 22.0 Å². The lowest BCUT2D eigenvalue weighted by Gasteiger charge is -2.11. The fourth-order valence-corrected chi connectivity index (χ4v) is 3.44. The van der Waals surface area contributed by atoms with Gasteiger partial charge in [-0.25, -0.2) is 13.1 Å². The van der Waals surface area contributed by atoms with Gasteiger partial charge in [0.1, 0.15) is 5.75 Å². The Balaban J connectivity index is 1.82. The fraction of sp³-hybridized carbons (Fsp3) is 0.235. The highest BCUT2D eigenvalue weighted by Gasteiger charge is 2.14. The predicted molar refractivity (Wildman–Crippen MR) is 98.9 cm³/mol. The van der Waals surface area contributed by atoms with Crippen LogP contribution in [0, 0.1) is 0 Å². The van der Waals surface area contributed by atoms with Gasteiger partial charge in [0, 0.05) is 29.5 Å². The second-order valence-corrected chi connectivity index (χ2v) is 8.05. The van der Waals surface area contributed by atoms with Crippen molar-refractivity contribution >= 4 is 31.9 Å². The van der Waals surface area contributed by atoms with Crippen LogP contribution in [0.15, 0.2) is 57.9 Å². The lowest BCUT2D eigenvalue weighted by molar-refractivity contribution is -0.121. The predicted octanol–water partition coefficient (Wildman–Crippen LogP) is 3.04. The highest BCUT2D eigenvalue weighted by Crippen LogP contribution is 2.20. The Labute approximate surface area is 164 Å². The van der Waals surface area contributed by atoms with Gasteiger partial charge in [-0.2, -0.15) is 8.78 Å². The Morgan fingerprint density at radius 2 is 1.78 bits per heavy atom. The van der Waals surface area contributed by atoms with Gasteiger partial charge < -0.3 is 10.1 Å². The summed E-state index contributed by atoms with van der Waals surface area (Å²) in [6, 6.07) is 12.2. The minimum Gasteiger partial charge on any atom is -0.434 e. The van der Waals surface area contributed by atoms with Crippen molar-refractivity contribution in [2.75, 3.05) is 6.54 Å². The van der Waals surface area contributed by atoms with Crippen molar-refractivity contribution in [3.05, 3.63) is 58.6 Å². The standard InChI is InChI=1S/C17H17BrF2N2O4S/c18-13-5-7-14(8-6-13)27(24,25)22-10-9-16(23)21-11-12-3-1-2-4-15(12)26-17(19)20/h1-8,17,22H,9-11H2,(H,21,23). The van der Waals surface area contributed by atoms with E-state index in [1.807, 2.05) is 0 Å². The summed E-state index contributed by atoms with van der Waals surface area (Å²) >= 11 is 3.22. The molecule has 0 saturated carbocycles. The van der Waals surface area contributed by atoms with E-state index in [2.05, 4.69) is 30.7 Å². The molecule has 2 aromatic carbocycles. The van der Waals surface area contributed by atoms with Gasteiger partial charge in [-0.05, 0) is 30.3 Å². The van der Waals surface area contributed by atoms with E-state index >= 15 is 0 Å². The van der Waals surface area contributed by atoms with Crippen LogP contribution < -0.4 is 14.8 Å². The zero-order valence-electron chi connectivity index (χ0n) is 14.0. The van der Waals surface area contributed by atoms with Gasteiger partial charge in [0.2, 0.25) is 15.9 Å². The normalized spacial score (nSPS) is 11.4. The first-order chi connectivity index (χ1) is 12.8. The second kappa shape index (κ2) is 9.77. The zero-order chi connectivity index (χ0) is 19.9. The SMILES string of the molecule is O=C(CCNS(=O)(=O)c1ccc(Br)cc1)NCc1ccccc1OC(F)F. The van der Waals surface area contributed by atoms with Gasteiger partial charge in [-0.3, -0.25) is 4.79 Å². The lowest BCUT2D eigenvalue weighted by Crippen LogP contribution is -2.30. The third-order valence-corrected chi connectivity index (χ3v) is 5.44. The number of carbonyl (C=O) groups is 1. The molecule has 0 atom stereocenters. The molecule has 2 rings (SSSR count). The molecule has 10 heteroatoms. The highest BCUT2D eigenvalue weighted by molar-refractivity contribution is 9.10. The molecule has 27 heavy (non-hydrogen) atoms. The molecule has 2 aromatic rings. The van der Waals surface area contributed by atoms with E-state index < -0.39 is 22.5 Å². The third-order valence-electron chi connectivity index (χ3n) is 3.43. The maximum absolute atomic E-state index is 12.4. The number of benzene rings is 2. The van der Waals surface area contributed by atoms with Crippen LogP contribution in [0.5, 0.6) is 5.75 Å². The van der Waals surface area contributed by atoms with Crippen molar-refractivity contribution in [2.24, 2.45) is 0 Å². The Hall–Kier alpha value is -2.04. The van der Waals surface area contributed by atoms with Crippen molar-refractivity contribution in [3.8, 4) is 5.75 Å². The van der Waals surface area contributed by atoms with Crippen LogP contribution in [-0.2, 0) is 21.4 Å². The first-order valence-corrected chi connectivity index (χ1v) is 10.1. The molecule has 0 saturated heterocycles. The Bertz CT molecular complexity index is 877. The quantitative estimate of drug-likeness (QED) is 0.599. The van der Waals surface area contributed by atoms with E-state index in [1.54, 1.807) is 30.3 Å². The molecule has 0 radical (unpaired) electrons. The van der Waals surface area contributed by atoms with Crippen molar-refractivity contribution < 1.29 is 26.7 Å². The van der Waals surface area contributed by atoms with Gasteiger partial charge in [-0.15, -0.1) is 0 Å². The monoisotopic (exact) mass is 462 g/mol. The highest BCUT2D eigenvalue weighted by atomic mass is 79.9. The van der Waals surface area contributed by atoms with Gasteiger partial charge in [-0.1, -0.05) is 34.1 Å². The van der Waals surface area contributed by atoms with Gasteiger partial charge in [0.05, 0.1) is 4.90 Å². The number of rotatable bonds is 9. The van der Waals surface area contributed by atoms with Crippen LogP contribution in [0.1, 0.15) is 12.0 Å². The summed E-state index contributed by atoms with van der Waals surface area (Å²) in [7, 11) is -3.71. The van der Waals surface area contributed by atoms with Crippen LogP contribution in [0.4, 0.5) is 8.78 Å². The number of ether oxygens (including phenoxy) is 1. The minimum atomic E-state index is -3.71. The Kier molecular flexibility index (Phi) is 7.69. The first kappa shape index (κ1) is 21.3. The van der Waals surface area contributed by atoms with E-state index in [-0.39, 0.29) is 30.2 Å². The summed E-state index contributed by atoms with van der Waals surface area (Å²) in [5, 5.41) is 2.54. The third kappa shape index (κ3) is 6.89. The lowest BCUT2D eigenvalue weighted by atomic mass is 10.2. The Morgan fingerprint density at radius 3 is 2.44 bits per heavy atom. The number of sulfonamides is 1. The number of carbonyl (C=O) groups excluding carboxylic acids is 1. The zero-order valence-corrected chi connectivity index (χ0v) is 16.4. The molecule has 0 aliphatic carbocycles. The van der Waals surface area contributed by atoms with E-state index in [0.717, 1.165) is 4.47 Å². The number of hydrogen-bond donors (Lipinski definition) is 2. The minimum absolute atomic E-state index is 0.0127. The first-order valence-electron chi connectivity index (χ1n) is 7.82. The number of halogens is 3. The average Bonchev–Trinajstić information content (AvgIpc) is 2.61. The maximum atomic E-state index is 12.4. The number of nitrogens with one attached hydrogen (secondary N) is 2. The average molecular weight is 463 g/mol. The van der Waals surface area contributed by atoms with Crippen LogP contribution in [0.3, 0.4) is 0 Å². The van der Waals surface area contributed by atoms with Gasteiger partial charge >= 0.3 is 6.61 Å². The topological polar surface area (TPSA) is 84.5 Å². The molecule has 0 aliphatic heterocycles. The molecule has 0 spiro atoms. The molecule has 0 aromatic heterocycles. The number of hydrogen-bond acceptors (Lipinski definition) is 4. The van der Waals surface area contributed by atoms with Crippen molar-refractivity contribution in [1.29, 1.82) is 0 Å². The molecule has 0 aliphatic rings. The maximum Gasteiger partial charge on any atom is 0.387 e. The second-order valence-electron chi connectivity index (χ2n) is 5.36. The Morgan fingerprint density at radius 1 is 1.11 bits per heavy atom. The van der Waals surface area contributed by atoms with Gasteiger partial charge in [0.15, 0.2) is 0 Å². The number of para-hydroxylation sites is 1. The van der Waals surface area contributed by atoms with E-state index in [1.165, 1.54) is 18.2 Å². The number of amides is 1. The molecule has 2 N–H and O–H groups in total. The largest absolute Gasteiger partial charge is 0.434 e. The van der Waals surface area contributed by atoms with Crippen LogP contribution >= 0.6 is 15.9 Å². The fourth-order valence-electron chi connectivity index (χ4n) is 2.14. The summed E-state index contributed by atoms with van der Waals surface area (Å²) in [6.07, 6.45) is -0.104. The van der Waals surface area contributed by atoms with Crippen LogP contribution in [0.2, 0.25) is 0 Å². The molecule has 6 nitrogen and oxygen atoms in total. The molecule has 0 fully saturated rings. The summed E-state index contributed by atoms with van der Waals surface area (Å²) in [6.45, 7) is -3.07. The molecule has 146 valence electrons. The number of alkyl halides is 2. The molecule has 1 amide bonds. The van der Waals surface area contributed by atoms with Crippen LogP contribution in [-0.4, -0.2) is 27.5 Å². The van der Waals surface area contributed by atoms with E-state index in [4.69, 9.17) is 0 Å². The van der Waals surface area contributed by atoms with Crippen molar-refractivity contribution in [1.82, 2.24) is 10.0 Å². The molecular formula is C17H17BrF2N2O4S. The summed E-state index contributed by atoms with van der Waals surface area (Å²) in [4.78, 5) is 12.0. The van der Waals surface area contributed by atoms with Gasteiger partial charge in [0.25, 0.3) is 0 Å². The summed E-state index contributed by atoms with van der Waals surface area (Å²) in [5.74, 6) is -0.455. The molecule has 0 unspecified atom stereocenters. The van der Waals surface area contributed by atoms with E-state index in [0.29, 0.717) is 5.56 Å². The smallest absolute Gasteiger partial charge is 0.387 e. The van der Waals surface area contributed by atoms with Crippen molar-refractivity contribution in [3.63, 3.8) is 0 Å². The summed E-state index contributed by atoms with van der Waals surface area (Å²) < 4.78 is 56.4. The molecule has 0 bridgehead atoms. The molecular weight excluding hydrogens is 446 g/mol. The molecule has 0 heterocycles. The summed E-state index contributed by atoms with van der Waals surface area (Å²) in [5.41, 5.74) is 0.390. The van der Waals surface area contributed by atoms with Crippen molar-refractivity contribution in [2.45, 2.75) is 24.5 Å². The van der Waals surface area contributed by atoms with Crippen LogP contribution in [0.25, 0.3) is 0 Å².